The molecule has 2 atom stereocenters. The summed E-state index contributed by atoms with van der Waals surface area (Å²) >= 11 is 6.21. The van der Waals surface area contributed by atoms with Gasteiger partial charge in [-0.3, -0.25) is 5.41 Å². The van der Waals surface area contributed by atoms with E-state index in [1.54, 1.807) is 12.3 Å². The predicted molar refractivity (Wildman–Crippen MR) is 72.3 cm³/mol. The number of pyridine rings is 1. The molecule has 2 unspecified atom stereocenters. The van der Waals surface area contributed by atoms with Gasteiger partial charge in [0.1, 0.15) is 11.7 Å². The fourth-order valence-electron chi connectivity index (χ4n) is 2.10. The first kappa shape index (κ1) is 13.1. The standard InChI is InChI=1S/C12H17ClN4O/c1-7-3-5-17(6-9(7)18)12-10(13)8(11(14)15)2-4-16-12/h2,4,7,9,18H,3,5-6H2,1H3,(H3,14,15). The first-order valence-electron chi connectivity index (χ1n) is 5.92. The van der Waals surface area contributed by atoms with E-state index in [0.29, 0.717) is 22.9 Å². The van der Waals surface area contributed by atoms with Crippen LogP contribution in [0.1, 0.15) is 18.9 Å². The fourth-order valence-corrected chi connectivity index (χ4v) is 2.44. The van der Waals surface area contributed by atoms with Crippen LogP contribution in [0.4, 0.5) is 5.82 Å². The van der Waals surface area contributed by atoms with E-state index in [9.17, 15) is 5.11 Å². The molecule has 0 amide bonds. The van der Waals surface area contributed by atoms with Crippen LogP contribution in [0.25, 0.3) is 0 Å². The Morgan fingerprint density at radius 3 is 3.00 bits per heavy atom. The van der Waals surface area contributed by atoms with Crippen LogP contribution in [0.15, 0.2) is 12.3 Å². The second-order valence-corrected chi connectivity index (χ2v) is 5.07. The van der Waals surface area contributed by atoms with Gasteiger partial charge in [-0.25, -0.2) is 4.98 Å². The number of rotatable bonds is 2. The number of piperidine rings is 1. The summed E-state index contributed by atoms with van der Waals surface area (Å²) < 4.78 is 0. The van der Waals surface area contributed by atoms with Gasteiger partial charge in [-0.1, -0.05) is 18.5 Å². The topological polar surface area (TPSA) is 86.2 Å². The Kier molecular flexibility index (Phi) is 3.73. The van der Waals surface area contributed by atoms with Crippen LogP contribution in [0.5, 0.6) is 0 Å². The minimum atomic E-state index is -0.377. The molecule has 4 N–H and O–H groups in total. The number of amidine groups is 1. The number of β-amino-alcohol motifs (C(OH)–C–C–N with tert-alkyl or cyclic N) is 1. The lowest BCUT2D eigenvalue weighted by Crippen LogP contribution is -2.43. The maximum atomic E-state index is 9.90. The maximum Gasteiger partial charge on any atom is 0.148 e. The summed E-state index contributed by atoms with van der Waals surface area (Å²) in [6, 6.07) is 1.62. The number of nitrogen functional groups attached to an aromatic ring is 1. The molecule has 1 aliphatic rings. The normalized spacial score (nSPS) is 24.1. The van der Waals surface area contributed by atoms with E-state index >= 15 is 0 Å². The number of nitrogens with two attached hydrogens (primary N) is 1. The molecule has 0 aliphatic carbocycles. The molecule has 0 spiro atoms. The van der Waals surface area contributed by atoms with Gasteiger partial charge in [-0.05, 0) is 18.4 Å². The number of hydrogen-bond donors (Lipinski definition) is 3. The molecule has 0 saturated carbocycles. The minimum absolute atomic E-state index is 0.0745. The highest BCUT2D eigenvalue weighted by atomic mass is 35.5. The van der Waals surface area contributed by atoms with Crippen molar-refractivity contribution in [3.63, 3.8) is 0 Å². The number of hydrogen-bond acceptors (Lipinski definition) is 4. The summed E-state index contributed by atoms with van der Waals surface area (Å²) in [4.78, 5) is 6.18. The van der Waals surface area contributed by atoms with Crippen LogP contribution < -0.4 is 10.6 Å². The van der Waals surface area contributed by atoms with E-state index in [-0.39, 0.29) is 17.9 Å². The molecule has 0 aromatic carbocycles. The second-order valence-electron chi connectivity index (χ2n) is 4.69. The van der Waals surface area contributed by atoms with Crippen molar-refractivity contribution >= 4 is 23.3 Å². The van der Waals surface area contributed by atoms with Crippen LogP contribution >= 0.6 is 11.6 Å². The fraction of sp³-hybridized carbons (Fsp3) is 0.500. The van der Waals surface area contributed by atoms with Gasteiger partial charge < -0.3 is 15.7 Å². The Morgan fingerprint density at radius 1 is 1.67 bits per heavy atom. The lowest BCUT2D eigenvalue weighted by Gasteiger charge is -2.35. The molecular formula is C12H17ClN4O. The third-order valence-electron chi connectivity index (χ3n) is 3.38. The molecule has 18 heavy (non-hydrogen) atoms. The average Bonchev–Trinajstić information content (AvgIpc) is 2.33. The van der Waals surface area contributed by atoms with Gasteiger partial charge in [0.05, 0.1) is 11.1 Å². The smallest absolute Gasteiger partial charge is 0.148 e. The molecule has 2 heterocycles. The Morgan fingerprint density at radius 2 is 2.39 bits per heavy atom. The van der Waals surface area contributed by atoms with Gasteiger partial charge >= 0.3 is 0 Å². The SMILES string of the molecule is CC1CCN(c2nccc(C(=N)N)c2Cl)CC1O. The van der Waals surface area contributed by atoms with Crippen molar-refractivity contribution in [3.05, 3.63) is 22.8 Å². The van der Waals surface area contributed by atoms with Crippen LogP contribution in [0.3, 0.4) is 0 Å². The van der Waals surface area contributed by atoms with E-state index in [1.165, 1.54) is 0 Å². The third-order valence-corrected chi connectivity index (χ3v) is 3.75. The predicted octanol–water partition coefficient (Wildman–Crippen LogP) is 1.23. The molecule has 1 saturated heterocycles. The van der Waals surface area contributed by atoms with Gasteiger partial charge in [0.25, 0.3) is 0 Å². The molecule has 1 fully saturated rings. The molecule has 0 bridgehead atoms. The molecule has 1 aromatic rings. The van der Waals surface area contributed by atoms with Gasteiger partial charge in [-0.2, -0.15) is 0 Å². The summed E-state index contributed by atoms with van der Waals surface area (Å²) in [5.41, 5.74) is 5.95. The lowest BCUT2D eigenvalue weighted by molar-refractivity contribution is 0.102. The highest BCUT2D eigenvalue weighted by Crippen LogP contribution is 2.29. The molecule has 1 aliphatic heterocycles. The number of nitrogens with one attached hydrogen (secondary N) is 1. The Bertz CT molecular complexity index is 465. The summed E-state index contributed by atoms with van der Waals surface area (Å²) in [5.74, 6) is 0.806. The van der Waals surface area contributed by atoms with Crippen molar-refractivity contribution in [2.45, 2.75) is 19.4 Å². The van der Waals surface area contributed by atoms with E-state index in [0.717, 1.165) is 13.0 Å². The largest absolute Gasteiger partial charge is 0.391 e. The molecular weight excluding hydrogens is 252 g/mol. The van der Waals surface area contributed by atoms with Crippen molar-refractivity contribution in [3.8, 4) is 0 Å². The molecule has 5 nitrogen and oxygen atoms in total. The summed E-state index contributed by atoms with van der Waals surface area (Å²) in [7, 11) is 0. The number of anilines is 1. The van der Waals surface area contributed by atoms with E-state index in [2.05, 4.69) is 4.98 Å². The lowest BCUT2D eigenvalue weighted by atomic mass is 9.96. The molecule has 98 valence electrons. The second kappa shape index (κ2) is 5.12. The molecule has 0 radical (unpaired) electrons. The highest BCUT2D eigenvalue weighted by Gasteiger charge is 2.26. The summed E-state index contributed by atoms with van der Waals surface area (Å²) in [5, 5.41) is 17.7. The number of halogens is 1. The number of aliphatic hydroxyl groups is 1. The zero-order valence-electron chi connectivity index (χ0n) is 10.2. The first-order chi connectivity index (χ1) is 8.50. The van der Waals surface area contributed by atoms with E-state index in [1.807, 2.05) is 11.8 Å². The molecule has 2 rings (SSSR count). The third kappa shape index (κ3) is 2.42. The van der Waals surface area contributed by atoms with Crippen LogP contribution in [0, 0.1) is 11.3 Å². The first-order valence-corrected chi connectivity index (χ1v) is 6.30. The molecule has 1 aromatic heterocycles. The van der Waals surface area contributed by atoms with Gasteiger partial charge in [0.2, 0.25) is 0 Å². The minimum Gasteiger partial charge on any atom is -0.391 e. The van der Waals surface area contributed by atoms with E-state index in [4.69, 9.17) is 22.7 Å². The van der Waals surface area contributed by atoms with Gasteiger partial charge in [-0.15, -0.1) is 0 Å². The Labute approximate surface area is 111 Å². The Hall–Kier alpha value is -1.33. The Balaban J connectivity index is 2.29. The zero-order valence-corrected chi connectivity index (χ0v) is 11.0. The van der Waals surface area contributed by atoms with Crippen molar-refractivity contribution in [1.82, 2.24) is 4.98 Å². The van der Waals surface area contributed by atoms with Crippen molar-refractivity contribution in [2.75, 3.05) is 18.0 Å². The zero-order chi connectivity index (χ0) is 13.3. The summed E-state index contributed by atoms with van der Waals surface area (Å²) in [6.07, 6.45) is 2.10. The van der Waals surface area contributed by atoms with Crippen LogP contribution in [0.2, 0.25) is 5.02 Å². The maximum absolute atomic E-state index is 9.90. The van der Waals surface area contributed by atoms with Crippen molar-refractivity contribution in [2.24, 2.45) is 11.7 Å². The number of nitrogens with zero attached hydrogens (tertiary/aromatic N) is 2. The molecule has 6 heteroatoms. The van der Waals surface area contributed by atoms with Gasteiger partial charge in [0.15, 0.2) is 0 Å². The monoisotopic (exact) mass is 268 g/mol. The van der Waals surface area contributed by atoms with Crippen LogP contribution in [-0.4, -0.2) is 35.1 Å². The average molecular weight is 269 g/mol. The van der Waals surface area contributed by atoms with Crippen LogP contribution in [-0.2, 0) is 0 Å². The highest BCUT2D eigenvalue weighted by molar-refractivity contribution is 6.36. The number of aromatic nitrogens is 1. The van der Waals surface area contributed by atoms with Gasteiger partial charge in [0, 0.05) is 24.8 Å². The van der Waals surface area contributed by atoms with Crippen molar-refractivity contribution < 1.29 is 5.11 Å². The number of aliphatic hydroxyl groups excluding tert-OH is 1. The quantitative estimate of drug-likeness (QED) is 0.556. The van der Waals surface area contributed by atoms with E-state index < -0.39 is 0 Å². The van der Waals surface area contributed by atoms with Crippen molar-refractivity contribution in [1.29, 1.82) is 5.41 Å². The summed E-state index contributed by atoms with van der Waals surface area (Å²) in [6.45, 7) is 3.34.